The lowest BCUT2D eigenvalue weighted by Crippen LogP contribution is -2.03. The highest BCUT2D eigenvalue weighted by atomic mass is 32.1. The van der Waals surface area contributed by atoms with Crippen LogP contribution in [0.15, 0.2) is 206 Å². The summed E-state index contributed by atoms with van der Waals surface area (Å²) in [6, 6.07) is 74.7. The van der Waals surface area contributed by atoms with Crippen molar-refractivity contribution in [2.75, 3.05) is 0 Å². The first-order chi connectivity index (χ1) is 31.7. The quantitative estimate of drug-likeness (QED) is 0.173. The maximum atomic E-state index is 5.60. The van der Waals surface area contributed by atoms with Crippen LogP contribution in [0.25, 0.3) is 129 Å². The van der Waals surface area contributed by atoms with Gasteiger partial charge in [0.25, 0.3) is 0 Å². The van der Waals surface area contributed by atoms with Crippen LogP contribution in [0.2, 0.25) is 0 Å². The molecule has 0 aliphatic rings. The van der Waals surface area contributed by atoms with Gasteiger partial charge in [0.1, 0.15) is 0 Å². The average Bonchev–Trinajstić information content (AvgIpc) is 4.11. The van der Waals surface area contributed by atoms with Gasteiger partial charge in [-0.05, 0) is 70.8 Å². The van der Waals surface area contributed by atoms with Crippen molar-refractivity contribution in [3.8, 4) is 45.1 Å². The number of benzene rings is 9. The second kappa shape index (κ2) is 13.8. The van der Waals surface area contributed by atoms with Crippen molar-refractivity contribution in [2.45, 2.75) is 0 Å². The van der Waals surface area contributed by atoms with Crippen molar-refractivity contribution in [1.29, 1.82) is 0 Å². The molecule has 0 radical (unpaired) electrons. The molecule has 0 spiro atoms. The summed E-state index contributed by atoms with van der Waals surface area (Å²) < 4.78 is 9.55. The number of hydrogen-bond acceptors (Lipinski definition) is 4. The van der Waals surface area contributed by atoms with E-state index in [-0.39, 0.29) is 0 Å². The van der Waals surface area contributed by atoms with Gasteiger partial charge in [0, 0.05) is 63.1 Å². The summed E-state index contributed by atoms with van der Waals surface area (Å²) in [5.74, 6) is 0.674. The Morgan fingerprint density at radius 2 is 0.922 bits per heavy atom. The van der Waals surface area contributed by atoms with E-state index < -0.39 is 0 Å². The first-order valence-corrected chi connectivity index (χ1v) is 23.2. The number of aromatic nitrogens is 4. The highest BCUT2D eigenvalue weighted by Crippen LogP contribution is 2.47. The van der Waals surface area contributed by atoms with Gasteiger partial charge in [-0.25, -0.2) is 9.97 Å². The summed E-state index contributed by atoms with van der Waals surface area (Å²) >= 11 is 3.63. The smallest absolute Gasteiger partial charge is 0.235 e. The molecule has 0 aliphatic heterocycles. The van der Waals surface area contributed by atoms with E-state index in [0.29, 0.717) is 5.95 Å². The van der Waals surface area contributed by atoms with Crippen molar-refractivity contribution >= 4 is 107 Å². The third kappa shape index (κ3) is 5.27. The Morgan fingerprint density at radius 3 is 1.64 bits per heavy atom. The van der Waals surface area contributed by atoms with Gasteiger partial charge >= 0.3 is 0 Å². The molecule has 0 saturated heterocycles. The molecule has 298 valence electrons. The molecule has 0 N–H and O–H groups in total. The van der Waals surface area contributed by atoms with Crippen molar-refractivity contribution in [2.24, 2.45) is 0 Å². The zero-order valence-corrected chi connectivity index (χ0v) is 35.9. The van der Waals surface area contributed by atoms with Gasteiger partial charge in [-0.3, -0.25) is 4.57 Å². The van der Waals surface area contributed by atoms with E-state index in [0.717, 1.165) is 43.6 Å². The van der Waals surface area contributed by atoms with Gasteiger partial charge in [-0.1, -0.05) is 158 Å². The van der Waals surface area contributed by atoms with Crippen LogP contribution in [0.5, 0.6) is 0 Å². The molecule has 5 aromatic heterocycles. The number of thiophene rings is 2. The predicted molar refractivity (Wildman–Crippen MR) is 273 cm³/mol. The minimum Gasteiger partial charge on any atom is -0.309 e. The van der Waals surface area contributed by atoms with Crippen LogP contribution in [-0.2, 0) is 0 Å². The Hall–Kier alpha value is -7.90. The third-order valence-electron chi connectivity index (χ3n) is 13.0. The standard InChI is InChI=1S/C58H34N4S2/c1-3-13-35(14-4-1)37-23-25-39(26-24-37)54-57-55(44-19-9-12-22-50(44)64-57)60-58(59-54)62-48-21-11-7-17-41(48)43-31-32-51-53(56(43)62)46-33-45-42-18-8-10-20-47(42)61(49(45)34-52(46)63-51)40-29-27-38(28-30-40)36-15-5-2-6-16-36/h1-34H. The fourth-order valence-electron chi connectivity index (χ4n) is 10.0. The molecule has 0 bridgehead atoms. The monoisotopic (exact) mass is 850 g/mol. The molecule has 0 amide bonds. The molecule has 0 saturated carbocycles. The Kier molecular flexibility index (Phi) is 7.69. The number of para-hydroxylation sites is 2. The largest absolute Gasteiger partial charge is 0.309 e. The number of hydrogen-bond donors (Lipinski definition) is 0. The van der Waals surface area contributed by atoms with E-state index in [4.69, 9.17) is 9.97 Å². The summed E-state index contributed by atoms with van der Waals surface area (Å²) in [7, 11) is 0. The molecule has 0 unspecified atom stereocenters. The second-order valence-electron chi connectivity index (χ2n) is 16.5. The molecule has 5 heterocycles. The third-order valence-corrected chi connectivity index (χ3v) is 15.3. The van der Waals surface area contributed by atoms with Gasteiger partial charge in [0.2, 0.25) is 5.95 Å². The van der Waals surface area contributed by atoms with Crippen molar-refractivity contribution in [1.82, 2.24) is 19.1 Å². The molecule has 14 aromatic rings. The maximum Gasteiger partial charge on any atom is 0.235 e. The van der Waals surface area contributed by atoms with Crippen LogP contribution < -0.4 is 0 Å². The van der Waals surface area contributed by atoms with Gasteiger partial charge in [-0.15, -0.1) is 22.7 Å². The second-order valence-corrected chi connectivity index (χ2v) is 18.6. The predicted octanol–water partition coefficient (Wildman–Crippen LogP) is 16.4. The summed E-state index contributed by atoms with van der Waals surface area (Å²) in [6.07, 6.45) is 0. The molecule has 0 fully saturated rings. The minimum absolute atomic E-state index is 0.674. The van der Waals surface area contributed by atoms with E-state index in [2.05, 4.69) is 215 Å². The Bertz CT molecular complexity index is 4160. The first kappa shape index (κ1) is 35.7. The van der Waals surface area contributed by atoms with Crippen molar-refractivity contribution in [3.63, 3.8) is 0 Å². The molecular formula is C58H34N4S2. The molecule has 64 heavy (non-hydrogen) atoms. The van der Waals surface area contributed by atoms with Crippen LogP contribution >= 0.6 is 22.7 Å². The molecule has 4 nitrogen and oxygen atoms in total. The number of fused-ring (bicyclic) bond motifs is 13. The van der Waals surface area contributed by atoms with E-state index in [1.165, 1.54) is 79.7 Å². The highest BCUT2D eigenvalue weighted by Gasteiger charge is 2.24. The van der Waals surface area contributed by atoms with Crippen LogP contribution in [0.4, 0.5) is 0 Å². The molecule has 0 aliphatic carbocycles. The normalized spacial score (nSPS) is 12.1. The van der Waals surface area contributed by atoms with E-state index in [9.17, 15) is 0 Å². The maximum absolute atomic E-state index is 5.60. The zero-order chi connectivity index (χ0) is 41.9. The topological polar surface area (TPSA) is 35.6 Å². The Balaban J connectivity index is 1.03. The highest BCUT2D eigenvalue weighted by molar-refractivity contribution is 7.26. The van der Waals surface area contributed by atoms with E-state index >= 15 is 0 Å². The minimum atomic E-state index is 0.674. The van der Waals surface area contributed by atoms with Crippen molar-refractivity contribution < 1.29 is 0 Å². The lowest BCUT2D eigenvalue weighted by molar-refractivity contribution is 1.02. The van der Waals surface area contributed by atoms with Gasteiger partial charge in [0.15, 0.2) is 0 Å². The summed E-state index contributed by atoms with van der Waals surface area (Å²) in [5.41, 5.74) is 13.6. The first-order valence-electron chi connectivity index (χ1n) is 21.6. The summed E-state index contributed by atoms with van der Waals surface area (Å²) in [6.45, 7) is 0. The van der Waals surface area contributed by atoms with Crippen LogP contribution in [0, 0.1) is 0 Å². The van der Waals surface area contributed by atoms with E-state index in [1.54, 1.807) is 11.3 Å². The lowest BCUT2D eigenvalue weighted by atomic mass is 10.0. The fourth-order valence-corrected chi connectivity index (χ4v) is 12.3. The zero-order valence-electron chi connectivity index (χ0n) is 34.2. The van der Waals surface area contributed by atoms with Gasteiger partial charge in [-0.2, -0.15) is 0 Å². The SMILES string of the molecule is c1ccc(-c2ccc(-c3nc(-n4c5ccccc5c5ccc6sc7cc8c(cc7c6c54)c4ccccc4n8-c4ccc(-c5ccccc5)cc4)nc4c3sc3ccccc34)cc2)cc1. The molecule has 6 heteroatoms. The molecule has 9 aromatic carbocycles. The van der Waals surface area contributed by atoms with Crippen molar-refractivity contribution in [3.05, 3.63) is 206 Å². The molecule has 0 atom stereocenters. The van der Waals surface area contributed by atoms with E-state index in [1.807, 2.05) is 11.3 Å². The summed E-state index contributed by atoms with van der Waals surface area (Å²) in [5, 5.41) is 8.46. The van der Waals surface area contributed by atoms with Gasteiger partial charge in [0.05, 0.1) is 38.0 Å². The lowest BCUT2D eigenvalue weighted by Gasteiger charge is -2.11. The number of rotatable bonds is 5. The molecule has 14 rings (SSSR count). The van der Waals surface area contributed by atoms with Crippen LogP contribution in [-0.4, -0.2) is 19.1 Å². The number of nitrogens with zero attached hydrogens (tertiary/aromatic N) is 4. The fraction of sp³-hybridized carbons (Fsp3) is 0. The average molecular weight is 851 g/mol. The van der Waals surface area contributed by atoms with Crippen LogP contribution in [0.3, 0.4) is 0 Å². The Morgan fingerprint density at radius 1 is 0.344 bits per heavy atom. The van der Waals surface area contributed by atoms with Crippen LogP contribution in [0.1, 0.15) is 0 Å². The molecular weight excluding hydrogens is 817 g/mol. The Labute approximate surface area is 375 Å². The van der Waals surface area contributed by atoms with Gasteiger partial charge < -0.3 is 4.57 Å². The summed E-state index contributed by atoms with van der Waals surface area (Å²) in [4.78, 5) is 11.1.